The topological polar surface area (TPSA) is 38.8 Å². The highest BCUT2D eigenvalue weighted by molar-refractivity contribution is 5.94. The maximum Gasteiger partial charge on any atom is 0.254 e. The van der Waals surface area contributed by atoms with Crippen LogP contribution in [0.25, 0.3) is 0 Å². The second kappa shape index (κ2) is 7.29. The van der Waals surface area contributed by atoms with Crippen LogP contribution in [0, 0.1) is 0 Å². The summed E-state index contributed by atoms with van der Waals surface area (Å²) >= 11 is 0. The van der Waals surface area contributed by atoms with Crippen molar-refractivity contribution in [3.05, 3.63) is 65.7 Å². The fourth-order valence-electron chi connectivity index (χ4n) is 2.82. The maximum atomic E-state index is 12.6. The smallest absolute Gasteiger partial charge is 0.254 e. The van der Waals surface area contributed by atoms with Gasteiger partial charge in [-0.25, -0.2) is 0 Å². The van der Waals surface area contributed by atoms with Crippen LogP contribution in [0.3, 0.4) is 0 Å². The summed E-state index contributed by atoms with van der Waals surface area (Å²) in [5, 5.41) is 0. The lowest BCUT2D eigenvalue weighted by Gasteiger charge is -2.33. The van der Waals surface area contributed by atoms with Crippen molar-refractivity contribution in [2.24, 2.45) is 0 Å². The van der Waals surface area contributed by atoms with Crippen LogP contribution in [-0.2, 0) is 11.2 Å². The third-order valence-corrected chi connectivity index (χ3v) is 4.07. The molecular weight excluding hydrogens is 290 g/mol. The van der Waals surface area contributed by atoms with E-state index in [0.29, 0.717) is 25.3 Å². The van der Waals surface area contributed by atoms with Crippen LogP contribution < -0.4 is 4.74 Å². The number of nitrogens with zero attached hydrogens (tertiary/aromatic N) is 1. The van der Waals surface area contributed by atoms with Gasteiger partial charge >= 0.3 is 0 Å². The number of ether oxygens (including phenoxy) is 2. The highest BCUT2D eigenvalue weighted by atomic mass is 16.5. The van der Waals surface area contributed by atoms with Gasteiger partial charge in [0.25, 0.3) is 5.91 Å². The lowest BCUT2D eigenvalue weighted by molar-refractivity contribution is -0.0208. The van der Waals surface area contributed by atoms with E-state index in [1.54, 1.807) is 7.11 Å². The van der Waals surface area contributed by atoms with Gasteiger partial charge in [-0.3, -0.25) is 4.79 Å². The molecule has 3 rings (SSSR count). The molecule has 23 heavy (non-hydrogen) atoms. The van der Waals surface area contributed by atoms with Crippen LogP contribution in [0.2, 0.25) is 0 Å². The summed E-state index contributed by atoms with van der Waals surface area (Å²) in [7, 11) is 1.62. The number of carbonyl (C=O) groups is 1. The minimum atomic E-state index is 0.0494. The Kier molecular flexibility index (Phi) is 4.93. The van der Waals surface area contributed by atoms with E-state index in [9.17, 15) is 4.79 Å². The fourth-order valence-corrected chi connectivity index (χ4v) is 2.82. The van der Waals surface area contributed by atoms with Gasteiger partial charge in [0.15, 0.2) is 0 Å². The molecule has 1 atom stereocenters. The first-order valence-corrected chi connectivity index (χ1v) is 7.85. The molecule has 2 aromatic carbocycles. The van der Waals surface area contributed by atoms with E-state index in [2.05, 4.69) is 12.1 Å². The number of rotatable bonds is 4. The standard InChI is InChI=1S/C19H21NO3/c1-22-17-9-7-16(8-10-17)19(21)20-11-12-23-18(14-20)13-15-5-3-2-4-6-15/h2-10,18H,11-14H2,1H3. The Morgan fingerprint density at radius 1 is 1.17 bits per heavy atom. The fraction of sp³-hybridized carbons (Fsp3) is 0.316. The molecule has 120 valence electrons. The lowest BCUT2D eigenvalue weighted by Crippen LogP contribution is -2.46. The molecule has 4 heteroatoms. The number of methoxy groups -OCH3 is 1. The van der Waals surface area contributed by atoms with Crippen LogP contribution in [-0.4, -0.2) is 43.7 Å². The normalized spacial score (nSPS) is 17.8. The monoisotopic (exact) mass is 311 g/mol. The Balaban J connectivity index is 1.64. The van der Waals surface area contributed by atoms with Crippen molar-refractivity contribution in [2.45, 2.75) is 12.5 Å². The predicted molar refractivity (Wildman–Crippen MR) is 88.8 cm³/mol. The Labute approximate surface area is 136 Å². The average molecular weight is 311 g/mol. The second-order valence-electron chi connectivity index (χ2n) is 5.66. The van der Waals surface area contributed by atoms with E-state index in [4.69, 9.17) is 9.47 Å². The van der Waals surface area contributed by atoms with Crippen molar-refractivity contribution >= 4 is 5.91 Å². The minimum Gasteiger partial charge on any atom is -0.497 e. The molecule has 4 nitrogen and oxygen atoms in total. The van der Waals surface area contributed by atoms with Crippen molar-refractivity contribution in [1.29, 1.82) is 0 Å². The number of morpholine rings is 1. The van der Waals surface area contributed by atoms with E-state index >= 15 is 0 Å². The van der Waals surface area contributed by atoms with Gasteiger partial charge in [0.2, 0.25) is 0 Å². The first-order chi connectivity index (χ1) is 11.3. The first-order valence-electron chi connectivity index (χ1n) is 7.85. The van der Waals surface area contributed by atoms with E-state index in [1.807, 2.05) is 47.4 Å². The zero-order chi connectivity index (χ0) is 16.1. The minimum absolute atomic E-state index is 0.0494. The SMILES string of the molecule is COc1ccc(C(=O)N2CCOC(Cc3ccccc3)C2)cc1. The molecule has 1 aliphatic rings. The third-order valence-electron chi connectivity index (χ3n) is 4.07. The Morgan fingerprint density at radius 2 is 1.91 bits per heavy atom. The lowest BCUT2D eigenvalue weighted by atomic mass is 10.1. The van der Waals surface area contributed by atoms with E-state index < -0.39 is 0 Å². The summed E-state index contributed by atoms with van der Waals surface area (Å²) in [4.78, 5) is 14.5. The zero-order valence-corrected chi connectivity index (χ0v) is 13.3. The molecule has 0 aromatic heterocycles. The van der Waals surface area contributed by atoms with Gasteiger partial charge < -0.3 is 14.4 Å². The molecule has 0 radical (unpaired) electrons. The van der Waals surface area contributed by atoms with E-state index in [1.165, 1.54) is 5.56 Å². The molecular formula is C19H21NO3. The molecule has 2 aromatic rings. The Bertz CT molecular complexity index is 639. The largest absolute Gasteiger partial charge is 0.497 e. The van der Waals surface area contributed by atoms with Crippen LogP contribution in [0.1, 0.15) is 15.9 Å². The van der Waals surface area contributed by atoms with Gasteiger partial charge in [0.1, 0.15) is 5.75 Å². The van der Waals surface area contributed by atoms with Gasteiger partial charge in [-0.05, 0) is 29.8 Å². The zero-order valence-electron chi connectivity index (χ0n) is 13.3. The number of amides is 1. The molecule has 1 heterocycles. The summed E-state index contributed by atoms with van der Waals surface area (Å²) in [5.74, 6) is 0.805. The van der Waals surface area contributed by atoms with Crippen molar-refractivity contribution in [2.75, 3.05) is 26.8 Å². The molecule has 0 saturated carbocycles. The van der Waals surface area contributed by atoms with Gasteiger partial charge in [-0.15, -0.1) is 0 Å². The summed E-state index contributed by atoms with van der Waals surface area (Å²) in [6.07, 6.45) is 0.876. The Hall–Kier alpha value is -2.33. The van der Waals surface area contributed by atoms with Crippen molar-refractivity contribution in [3.8, 4) is 5.75 Å². The number of benzene rings is 2. The molecule has 0 N–H and O–H groups in total. The predicted octanol–water partition coefficient (Wildman–Crippen LogP) is 2.78. The van der Waals surface area contributed by atoms with Gasteiger partial charge in [0, 0.05) is 25.1 Å². The summed E-state index contributed by atoms with van der Waals surface area (Å²) in [6, 6.07) is 17.5. The van der Waals surface area contributed by atoms with Gasteiger partial charge in [-0.1, -0.05) is 30.3 Å². The van der Waals surface area contributed by atoms with Crippen molar-refractivity contribution in [3.63, 3.8) is 0 Å². The molecule has 1 amide bonds. The van der Waals surface area contributed by atoms with Crippen LogP contribution in [0.5, 0.6) is 5.75 Å². The first kappa shape index (κ1) is 15.6. The highest BCUT2D eigenvalue weighted by Crippen LogP contribution is 2.16. The summed E-state index contributed by atoms with van der Waals surface area (Å²) in [6.45, 7) is 1.84. The second-order valence-corrected chi connectivity index (χ2v) is 5.66. The molecule has 0 bridgehead atoms. The maximum absolute atomic E-state index is 12.6. The van der Waals surface area contributed by atoms with E-state index in [-0.39, 0.29) is 12.0 Å². The number of carbonyl (C=O) groups excluding carboxylic acids is 1. The Morgan fingerprint density at radius 3 is 2.61 bits per heavy atom. The van der Waals surface area contributed by atoms with E-state index in [0.717, 1.165) is 12.2 Å². The molecule has 1 saturated heterocycles. The van der Waals surface area contributed by atoms with Crippen molar-refractivity contribution in [1.82, 2.24) is 4.90 Å². The van der Waals surface area contributed by atoms with Crippen LogP contribution >= 0.6 is 0 Å². The summed E-state index contributed by atoms with van der Waals surface area (Å²) in [5.41, 5.74) is 1.92. The molecule has 0 spiro atoms. The van der Waals surface area contributed by atoms with Crippen LogP contribution in [0.15, 0.2) is 54.6 Å². The highest BCUT2D eigenvalue weighted by Gasteiger charge is 2.25. The molecule has 0 aliphatic carbocycles. The van der Waals surface area contributed by atoms with Crippen LogP contribution in [0.4, 0.5) is 0 Å². The quantitative estimate of drug-likeness (QED) is 0.871. The van der Waals surface area contributed by atoms with Gasteiger partial charge in [-0.2, -0.15) is 0 Å². The summed E-state index contributed by atoms with van der Waals surface area (Å²) < 4.78 is 11.0. The van der Waals surface area contributed by atoms with Gasteiger partial charge in [0.05, 0.1) is 19.8 Å². The molecule has 1 unspecified atom stereocenters. The molecule has 1 aliphatic heterocycles. The van der Waals surface area contributed by atoms with Crippen molar-refractivity contribution < 1.29 is 14.3 Å². The average Bonchev–Trinajstić information content (AvgIpc) is 2.62. The third kappa shape index (κ3) is 3.90. The molecule has 1 fully saturated rings. The number of hydrogen-bond donors (Lipinski definition) is 0. The number of hydrogen-bond acceptors (Lipinski definition) is 3.